The molecule has 2 unspecified atom stereocenters. The van der Waals surface area contributed by atoms with E-state index in [4.69, 9.17) is 0 Å². The molecule has 1 aliphatic carbocycles. The lowest BCUT2D eigenvalue weighted by molar-refractivity contribution is 0.170. The minimum atomic E-state index is 0.501. The second-order valence-corrected chi connectivity index (χ2v) is 6.42. The summed E-state index contributed by atoms with van der Waals surface area (Å²) in [5, 5.41) is 3.81. The van der Waals surface area contributed by atoms with Crippen LogP contribution in [-0.4, -0.2) is 31.1 Å². The molecule has 21 heavy (non-hydrogen) atoms. The Morgan fingerprint density at radius 3 is 2.71 bits per heavy atom. The second-order valence-electron chi connectivity index (χ2n) is 6.42. The van der Waals surface area contributed by atoms with E-state index in [0.717, 1.165) is 6.54 Å². The number of nitrogens with zero attached hydrogens (tertiary/aromatic N) is 1. The first-order valence-corrected chi connectivity index (χ1v) is 8.79. The molecule has 2 nitrogen and oxygen atoms in total. The van der Waals surface area contributed by atoms with E-state index in [1.165, 1.54) is 50.6 Å². The molecule has 1 aliphatic rings. The SMILES string of the molecule is CCCCCN(C)C1CCc2ccccc2C1NCCC. The van der Waals surface area contributed by atoms with Gasteiger partial charge in [0.2, 0.25) is 0 Å². The molecule has 0 aromatic heterocycles. The molecule has 1 N–H and O–H groups in total. The Morgan fingerprint density at radius 1 is 1.14 bits per heavy atom. The van der Waals surface area contributed by atoms with Crippen molar-refractivity contribution >= 4 is 0 Å². The number of unbranched alkanes of at least 4 members (excludes halogenated alkanes) is 2. The van der Waals surface area contributed by atoms with Crippen LogP contribution in [0.5, 0.6) is 0 Å². The van der Waals surface area contributed by atoms with Crippen LogP contribution >= 0.6 is 0 Å². The molecule has 0 spiro atoms. The van der Waals surface area contributed by atoms with Gasteiger partial charge in [-0.15, -0.1) is 0 Å². The van der Waals surface area contributed by atoms with Gasteiger partial charge in [0.25, 0.3) is 0 Å². The molecule has 1 aromatic rings. The van der Waals surface area contributed by atoms with Gasteiger partial charge in [0.05, 0.1) is 0 Å². The lowest BCUT2D eigenvalue weighted by Crippen LogP contribution is -2.46. The molecular formula is C19H32N2. The predicted octanol–water partition coefficient (Wildman–Crippen LogP) is 4.16. The van der Waals surface area contributed by atoms with Gasteiger partial charge in [0, 0.05) is 12.1 Å². The average molecular weight is 288 g/mol. The highest BCUT2D eigenvalue weighted by Gasteiger charge is 2.31. The second kappa shape index (κ2) is 8.55. The number of benzene rings is 1. The first-order valence-electron chi connectivity index (χ1n) is 8.79. The fraction of sp³-hybridized carbons (Fsp3) is 0.684. The van der Waals surface area contributed by atoms with Crippen molar-refractivity contribution in [3.8, 4) is 0 Å². The predicted molar refractivity (Wildman–Crippen MR) is 91.7 cm³/mol. The largest absolute Gasteiger partial charge is 0.309 e. The number of rotatable bonds is 8. The van der Waals surface area contributed by atoms with Crippen LogP contribution in [0.15, 0.2) is 24.3 Å². The van der Waals surface area contributed by atoms with Crippen molar-refractivity contribution in [2.75, 3.05) is 20.1 Å². The van der Waals surface area contributed by atoms with Crippen LogP contribution in [-0.2, 0) is 6.42 Å². The number of likely N-dealkylation sites (N-methyl/N-ethyl adjacent to an activating group) is 1. The Hall–Kier alpha value is -0.860. The molecule has 0 fully saturated rings. The van der Waals surface area contributed by atoms with Crippen LogP contribution in [0.4, 0.5) is 0 Å². The standard InChI is InChI=1S/C19H32N2/c1-4-6-9-15-21(3)18-13-12-16-10-7-8-11-17(16)19(18)20-14-5-2/h7-8,10-11,18-20H,4-6,9,12-15H2,1-3H3. The van der Waals surface area contributed by atoms with E-state index in [2.05, 4.69) is 55.4 Å². The maximum atomic E-state index is 3.81. The van der Waals surface area contributed by atoms with Crippen molar-refractivity contribution in [2.24, 2.45) is 0 Å². The third kappa shape index (κ3) is 4.31. The van der Waals surface area contributed by atoms with Gasteiger partial charge in [-0.3, -0.25) is 0 Å². The molecule has 2 heteroatoms. The van der Waals surface area contributed by atoms with Gasteiger partial charge >= 0.3 is 0 Å². The van der Waals surface area contributed by atoms with Crippen molar-refractivity contribution in [3.63, 3.8) is 0 Å². The van der Waals surface area contributed by atoms with E-state index in [0.29, 0.717) is 12.1 Å². The number of fused-ring (bicyclic) bond motifs is 1. The van der Waals surface area contributed by atoms with Crippen molar-refractivity contribution in [1.29, 1.82) is 0 Å². The van der Waals surface area contributed by atoms with Crippen LogP contribution in [0.3, 0.4) is 0 Å². The third-order valence-electron chi connectivity index (χ3n) is 4.78. The van der Waals surface area contributed by atoms with Crippen LogP contribution in [0, 0.1) is 0 Å². The zero-order valence-electron chi connectivity index (χ0n) is 14.1. The van der Waals surface area contributed by atoms with Gasteiger partial charge in [-0.1, -0.05) is 51.0 Å². The summed E-state index contributed by atoms with van der Waals surface area (Å²) < 4.78 is 0. The molecule has 0 bridgehead atoms. The fourth-order valence-corrected chi connectivity index (χ4v) is 3.54. The normalized spacial score (nSPS) is 21.5. The molecule has 0 heterocycles. The van der Waals surface area contributed by atoms with Crippen molar-refractivity contribution in [3.05, 3.63) is 35.4 Å². The minimum Gasteiger partial charge on any atom is -0.309 e. The van der Waals surface area contributed by atoms with Gasteiger partial charge in [-0.2, -0.15) is 0 Å². The summed E-state index contributed by atoms with van der Waals surface area (Å²) in [7, 11) is 2.31. The van der Waals surface area contributed by atoms with Crippen molar-refractivity contribution in [2.45, 2.75) is 64.5 Å². The number of aryl methyl sites for hydroxylation is 1. The van der Waals surface area contributed by atoms with E-state index < -0.39 is 0 Å². The van der Waals surface area contributed by atoms with Gasteiger partial charge < -0.3 is 10.2 Å². The Labute approximate surface area is 130 Å². The molecule has 0 amide bonds. The summed E-state index contributed by atoms with van der Waals surface area (Å²) in [5.41, 5.74) is 3.08. The highest BCUT2D eigenvalue weighted by molar-refractivity contribution is 5.34. The summed E-state index contributed by atoms with van der Waals surface area (Å²) in [5.74, 6) is 0. The summed E-state index contributed by atoms with van der Waals surface area (Å²) in [6.07, 6.45) is 7.68. The fourth-order valence-electron chi connectivity index (χ4n) is 3.54. The summed E-state index contributed by atoms with van der Waals surface area (Å²) in [4.78, 5) is 2.60. The van der Waals surface area contributed by atoms with Gasteiger partial charge in [-0.25, -0.2) is 0 Å². The molecule has 0 radical (unpaired) electrons. The zero-order chi connectivity index (χ0) is 15.1. The number of nitrogens with one attached hydrogen (secondary N) is 1. The minimum absolute atomic E-state index is 0.501. The van der Waals surface area contributed by atoms with E-state index in [-0.39, 0.29) is 0 Å². The quantitative estimate of drug-likeness (QED) is 0.722. The van der Waals surface area contributed by atoms with Gasteiger partial charge in [0.15, 0.2) is 0 Å². The Morgan fingerprint density at radius 2 is 1.95 bits per heavy atom. The van der Waals surface area contributed by atoms with Crippen molar-refractivity contribution < 1.29 is 0 Å². The van der Waals surface area contributed by atoms with Crippen molar-refractivity contribution in [1.82, 2.24) is 10.2 Å². The van der Waals surface area contributed by atoms with E-state index in [1.807, 2.05) is 0 Å². The summed E-state index contributed by atoms with van der Waals surface area (Å²) in [6, 6.07) is 10.2. The maximum absolute atomic E-state index is 3.81. The Balaban J connectivity index is 2.09. The first kappa shape index (κ1) is 16.5. The Kier molecular flexibility index (Phi) is 6.72. The molecule has 0 saturated carbocycles. The van der Waals surface area contributed by atoms with Gasteiger partial charge in [0.1, 0.15) is 0 Å². The van der Waals surface area contributed by atoms with E-state index >= 15 is 0 Å². The van der Waals surface area contributed by atoms with Crippen LogP contribution < -0.4 is 5.32 Å². The highest BCUT2D eigenvalue weighted by atomic mass is 15.2. The van der Waals surface area contributed by atoms with Gasteiger partial charge in [-0.05, 0) is 56.9 Å². The zero-order valence-corrected chi connectivity index (χ0v) is 14.1. The lowest BCUT2D eigenvalue weighted by Gasteiger charge is -2.40. The van der Waals surface area contributed by atoms with E-state index in [1.54, 1.807) is 5.56 Å². The molecule has 2 atom stereocenters. The lowest BCUT2D eigenvalue weighted by atomic mass is 9.83. The monoisotopic (exact) mass is 288 g/mol. The third-order valence-corrected chi connectivity index (χ3v) is 4.78. The maximum Gasteiger partial charge on any atom is 0.0480 e. The van der Waals surface area contributed by atoms with E-state index in [9.17, 15) is 0 Å². The van der Waals surface area contributed by atoms with Crippen LogP contribution in [0.2, 0.25) is 0 Å². The van der Waals surface area contributed by atoms with Crippen LogP contribution in [0.1, 0.15) is 63.1 Å². The summed E-state index contributed by atoms with van der Waals surface area (Å²) >= 11 is 0. The topological polar surface area (TPSA) is 15.3 Å². The molecular weight excluding hydrogens is 256 g/mol. The average Bonchev–Trinajstić information content (AvgIpc) is 2.52. The van der Waals surface area contributed by atoms with Crippen LogP contribution in [0.25, 0.3) is 0 Å². The smallest absolute Gasteiger partial charge is 0.0480 e. The number of hydrogen-bond donors (Lipinski definition) is 1. The molecule has 0 saturated heterocycles. The number of hydrogen-bond acceptors (Lipinski definition) is 2. The Bertz CT molecular complexity index is 416. The first-order chi connectivity index (χ1) is 10.3. The molecule has 2 rings (SSSR count). The molecule has 0 aliphatic heterocycles. The summed E-state index contributed by atoms with van der Waals surface area (Å²) in [6.45, 7) is 6.87. The molecule has 118 valence electrons. The molecule has 1 aromatic carbocycles. The highest BCUT2D eigenvalue weighted by Crippen LogP contribution is 2.32.